The molecule has 0 bridgehead atoms. The summed E-state index contributed by atoms with van der Waals surface area (Å²) >= 11 is 0. The van der Waals surface area contributed by atoms with Crippen LogP contribution in [0, 0.1) is 0 Å². The van der Waals surface area contributed by atoms with Crippen molar-refractivity contribution >= 4 is 21.5 Å². The Labute approximate surface area is 309 Å². The Balaban J connectivity index is 1.13. The van der Waals surface area contributed by atoms with E-state index in [1.165, 1.54) is 54.9 Å². The zero-order valence-corrected chi connectivity index (χ0v) is 29.6. The van der Waals surface area contributed by atoms with Crippen molar-refractivity contribution in [2.24, 2.45) is 0 Å². The molecular formula is C50H35N3. The van der Waals surface area contributed by atoms with Gasteiger partial charge >= 0.3 is 0 Å². The van der Waals surface area contributed by atoms with Gasteiger partial charge in [-0.2, -0.15) is 0 Å². The predicted molar refractivity (Wildman–Crippen MR) is 220 cm³/mol. The van der Waals surface area contributed by atoms with Crippen molar-refractivity contribution in [3.05, 3.63) is 187 Å². The molecule has 3 nitrogen and oxygen atoms in total. The molecule has 0 atom stereocenters. The number of pyridine rings is 1. The summed E-state index contributed by atoms with van der Waals surface area (Å²) < 4.78 is 0. The van der Waals surface area contributed by atoms with Gasteiger partial charge in [0, 0.05) is 45.6 Å². The van der Waals surface area contributed by atoms with Crippen molar-refractivity contribution in [1.82, 2.24) is 15.0 Å². The maximum atomic E-state index is 5.43. The van der Waals surface area contributed by atoms with E-state index in [0.29, 0.717) is 5.82 Å². The molecule has 0 aliphatic heterocycles. The first-order valence-corrected chi connectivity index (χ1v) is 18.2. The minimum atomic E-state index is -0.273. The first-order valence-electron chi connectivity index (χ1n) is 18.2. The summed E-state index contributed by atoms with van der Waals surface area (Å²) in [5.74, 6) is 0.715. The second-order valence-electron chi connectivity index (χ2n) is 14.5. The summed E-state index contributed by atoms with van der Waals surface area (Å²) in [4.78, 5) is 15.1. The fraction of sp³-hybridized carbons (Fsp3) is 0.0600. The van der Waals surface area contributed by atoms with Crippen LogP contribution in [0.25, 0.3) is 88.8 Å². The van der Waals surface area contributed by atoms with E-state index >= 15 is 0 Å². The largest absolute Gasteiger partial charge is 0.264 e. The minimum Gasteiger partial charge on any atom is -0.264 e. The number of hydrogen-bond donors (Lipinski definition) is 0. The molecule has 2 heterocycles. The molecule has 0 amide bonds. The molecule has 0 fully saturated rings. The molecule has 1 aliphatic rings. The molecule has 0 radical (unpaired) electrons. The monoisotopic (exact) mass is 677 g/mol. The average molecular weight is 678 g/mol. The summed E-state index contributed by atoms with van der Waals surface area (Å²) in [6.45, 7) is 4.60. The van der Waals surface area contributed by atoms with E-state index in [4.69, 9.17) is 9.97 Å². The average Bonchev–Trinajstić information content (AvgIpc) is 3.46. The zero-order valence-electron chi connectivity index (χ0n) is 29.6. The van der Waals surface area contributed by atoms with Gasteiger partial charge in [0.05, 0.1) is 11.4 Å². The van der Waals surface area contributed by atoms with Crippen LogP contribution in [-0.2, 0) is 5.41 Å². The van der Waals surface area contributed by atoms with Crippen molar-refractivity contribution in [2.75, 3.05) is 0 Å². The fourth-order valence-electron chi connectivity index (χ4n) is 8.33. The van der Waals surface area contributed by atoms with Gasteiger partial charge in [0.25, 0.3) is 0 Å². The molecule has 9 aromatic rings. The van der Waals surface area contributed by atoms with E-state index in [1.54, 1.807) is 6.20 Å². The predicted octanol–water partition coefficient (Wildman–Crippen LogP) is 12.8. The molecule has 0 unspecified atom stereocenters. The summed E-state index contributed by atoms with van der Waals surface area (Å²) in [5, 5.41) is 5.06. The Morgan fingerprint density at radius 3 is 1.79 bits per heavy atom. The molecule has 0 spiro atoms. The van der Waals surface area contributed by atoms with Gasteiger partial charge in [0.1, 0.15) is 0 Å². The van der Waals surface area contributed by atoms with Gasteiger partial charge in [-0.25, -0.2) is 9.97 Å². The Kier molecular flexibility index (Phi) is 7.16. The number of fused-ring (bicyclic) bond motifs is 6. The fourth-order valence-corrected chi connectivity index (χ4v) is 8.33. The van der Waals surface area contributed by atoms with Gasteiger partial charge in [-0.05, 0) is 85.3 Å². The van der Waals surface area contributed by atoms with Crippen molar-refractivity contribution < 1.29 is 0 Å². The Bertz CT molecular complexity index is 2870. The smallest absolute Gasteiger partial charge is 0.160 e. The van der Waals surface area contributed by atoms with Gasteiger partial charge in [-0.1, -0.05) is 147 Å². The van der Waals surface area contributed by atoms with Gasteiger partial charge < -0.3 is 0 Å². The standard InChI is InChI=1S/C50H35N3/c1-50(2)45-25-8-7-24-43(45)48-46(50)47(52-49(53-48)38-19-11-16-34(29-38)39-20-12-26-51-31-39)37-18-10-15-33(28-37)32-14-9-17-35(27-32)44-30-36-13-3-4-21-40(36)41-22-5-6-23-42(41)44/h3-31H,1-2H3. The number of aromatic nitrogens is 3. The summed E-state index contributed by atoms with van der Waals surface area (Å²) in [5.41, 5.74) is 14.3. The third kappa shape index (κ3) is 5.16. The summed E-state index contributed by atoms with van der Waals surface area (Å²) in [7, 11) is 0. The van der Waals surface area contributed by atoms with E-state index < -0.39 is 0 Å². The van der Waals surface area contributed by atoms with Crippen LogP contribution in [0.3, 0.4) is 0 Å². The lowest BCUT2D eigenvalue weighted by Gasteiger charge is -2.24. The summed E-state index contributed by atoms with van der Waals surface area (Å²) in [6, 6.07) is 58.8. The molecule has 3 heteroatoms. The van der Waals surface area contributed by atoms with Gasteiger partial charge in [-0.3, -0.25) is 4.98 Å². The maximum Gasteiger partial charge on any atom is 0.160 e. The Morgan fingerprint density at radius 2 is 1.00 bits per heavy atom. The lowest BCUT2D eigenvalue weighted by atomic mass is 9.80. The second kappa shape index (κ2) is 12.2. The van der Waals surface area contributed by atoms with Crippen LogP contribution in [0.1, 0.15) is 25.0 Å². The van der Waals surface area contributed by atoms with Gasteiger partial charge in [0.15, 0.2) is 5.82 Å². The number of nitrogens with zero attached hydrogens (tertiary/aromatic N) is 3. The van der Waals surface area contributed by atoms with Crippen LogP contribution in [-0.4, -0.2) is 15.0 Å². The first-order chi connectivity index (χ1) is 26.0. The first kappa shape index (κ1) is 31.1. The Morgan fingerprint density at radius 1 is 0.415 bits per heavy atom. The third-order valence-electron chi connectivity index (χ3n) is 10.9. The molecule has 0 saturated carbocycles. The van der Waals surface area contributed by atoms with Crippen molar-refractivity contribution in [3.63, 3.8) is 0 Å². The van der Waals surface area contributed by atoms with Gasteiger partial charge in [-0.15, -0.1) is 0 Å². The lowest BCUT2D eigenvalue weighted by molar-refractivity contribution is 0.658. The maximum absolute atomic E-state index is 5.43. The normalized spacial score (nSPS) is 12.9. The molecular weight excluding hydrogens is 643 g/mol. The molecule has 0 saturated heterocycles. The highest BCUT2D eigenvalue weighted by molar-refractivity contribution is 6.13. The van der Waals surface area contributed by atoms with E-state index in [1.807, 2.05) is 12.3 Å². The third-order valence-corrected chi connectivity index (χ3v) is 10.9. The highest BCUT2D eigenvalue weighted by atomic mass is 14.9. The quantitative estimate of drug-likeness (QED) is 0.170. The molecule has 53 heavy (non-hydrogen) atoms. The van der Waals surface area contributed by atoms with Crippen LogP contribution in [0.2, 0.25) is 0 Å². The van der Waals surface area contributed by atoms with Crippen molar-refractivity contribution in [1.29, 1.82) is 0 Å². The molecule has 250 valence electrons. The number of rotatable bonds is 5. The molecule has 0 N–H and O–H groups in total. The highest BCUT2D eigenvalue weighted by Gasteiger charge is 2.40. The molecule has 7 aromatic carbocycles. The van der Waals surface area contributed by atoms with Crippen LogP contribution in [0.4, 0.5) is 0 Å². The van der Waals surface area contributed by atoms with E-state index in [2.05, 4.69) is 177 Å². The molecule has 1 aliphatic carbocycles. The topological polar surface area (TPSA) is 38.7 Å². The number of benzene rings is 7. The van der Waals surface area contributed by atoms with Crippen molar-refractivity contribution in [2.45, 2.75) is 19.3 Å². The van der Waals surface area contributed by atoms with E-state index in [-0.39, 0.29) is 5.41 Å². The number of hydrogen-bond acceptors (Lipinski definition) is 3. The van der Waals surface area contributed by atoms with Gasteiger partial charge in [0.2, 0.25) is 0 Å². The minimum absolute atomic E-state index is 0.273. The van der Waals surface area contributed by atoms with Crippen LogP contribution >= 0.6 is 0 Å². The van der Waals surface area contributed by atoms with E-state index in [0.717, 1.165) is 39.2 Å². The zero-order chi connectivity index (χ0) is 35.5. The molecule has 2 aromatic heterocycles. The van der Waals surface area contributed by atoms with Crippen LogP contribution in [0.5, 0.6) is 0 Å². The second-order valence-corrected chi connectivity index (χ2v) is 14.5. The lowest BCUT2D eigenvalue weighted by Crippen LogP contribution is -2.17. The van der Waals surface area contributed by atoms with Crippen molar-refractivity contribution in [3.8, 4) is 67.3 Å². The van der Waals surface area contributed by atoms with E-state index in [9.17, 15) is 0 Å². The SMILES string of the molecule is CC1(C)c2ccccc2-c2nc(-c3cccc(-c4cccnc4)c3)nc(-c3cccc(-c4cccc(-c5cc6ccccc6c6ccccc56)c4)c3)c21. The Hall–Kier alpha value is -6.71. The van der Waals surface area contributed by atoms with Crippen LogP contribution in [0.15, 0.2) is 176 Å². The molecule has 10 rings (SSSR count). The summed E-state index contributed by atoms with van der Waals surface area (Å²) in [6.07, 6.45) is 3.70. The van der Waals surface area contributed by atoms with Crippen LogP contribution < -0.4 is 0 Å². The highest BCUT2D eigenvalue weighted by Crippen LogP contribution is 2.51.